The summed E-state index contributed by atoms with van der Waals surface area (Å²) >= 11 is 0. The van der Waals surface area contributed by atoms with Crippen LogP contribution in [0.4, 0.5) is 0 Å². The molecule has 0 rings (SSSR count). The number of nitriles is 1. The molecule has 670 valence electrons. The zero-order valence-corrected chi connectivity index (χ0v) is 60.0. The van der Waals surface area contributed by atoms with Gasteiger partial charge in [-0.15, -0.1) is 0 Å². The Bertz CT molecular complexity index is 4950. The van der Waals surface area contributed by atoms with Gasteiger partial charge in [0, 0.05) is 595 Å². The SMILES string of the molecule is N#CN=N/N=N/N=N/N=N/N=N/N=N/N=N/N=N/N=N/N=N/N=N/N=N/N=N/N=N/N=N/N=N/N=N/N=N/N=N/N=N/N=N/N=N/N=N/N=N/N=N/N=N/N=N/N=N/N=N/N=N/N=N/N=N/N=N/N=N/N=N/N=N/N=N/N=N/N=N/N=N/N=N/N=N/N=N/N=N/N=N/N=N/N=N/N=N/N=N/N=N/N=N/N=N/N=N/N=N/N=N/N=N/N=N/N=N/N=N/N=N/N=N/N=N/N=N/N=N/N=N/N=N. The third-order valence-electron chi connectivity index (χ3n) is 5.25. The van der Waals surface area contributed by atoms with Crippen LogP contribution in [0.2, 0.25) is 0 Å². The van der Waals surface area contributed by atoms with E-state index in [1.54, 1.807) is 0 Å². The number of rotatable bonds is 65. The van der Waals surface area contributed by atoms with Gasteiger partial charge in [-0.1, -0.05) is 0 Å². The molecular formula is CHN133. The highest BCUT2D eigenvalue weighted by Gasteiger charge is 1.83. The van der Waals surface area contributed by atoms with Gasteiger partial charge in [0.2, 0.25) is 6.19 Å². The van der Waals surface area contributed by atoms with Crippen molar-refractivity contribution in [2.24, 2.45) is 684 Å². The van der Waals surface area contributed by atoms with Gasteiger partial charge in [-0.25, -0.2) is 0 Å². The van der Waals surface area contributed by atoms with Crippen LogP contribution in [-0.2, 0) is 0 Å². The van der Waals surface area contributed by atoms with E-state index in [-0.39, 0.29) is 0 Å². The Hall–Kier alpha value is -26.9. The average Bonchev–Trinajstić information content (AvgIpc) is 1.13. The van der Waals surface area contributed by atoms with Crippen molar-refractivity contribution in [1.82, 2.24) is 0 Å². The molecule has 0 fully saturated rings. The van der Waals surface area contributed by atoms with Gasteiger partial charge in [-0.3, -0.25) is 0 Å². The molecule has 0 radical (unpaired) electrons. The van der Waals surface area contributed by atoms with Gasteiger partial charge in [-0.05, 0) is 88.7 Å². The summed E-state index contributed by atoms with van der Waals surface area (Å²) in [6.45, 7) is 0. The first-order valence-corrected chi connectivity index (χ1v) is 26.7. The second kappa shape index (κ2) is 106. The van der Waals surface area contributed by atoms with Crippen LogP contribution in [0, 0.1) is 17.0 Å². The highest BCUT2D eigenvalue weighted by Crippen LogP contribution is 2.02. The summed E-state index contributed by atoms with van der Waals surface area (Å²) in [6.07, 6.45) is 1.31. The van der Waals surface area contributed by atoms with Gasteiger partial charge in [0.15, 0.2) is 0 Å². The van der Waals surface area contributed by atoms with Crippen molar-refractivity contribution >= 4 is 0 Å². The Kier molecular flexibility index (Phi) is 84.8. The number of nitrogens with zero attached hydrogens (tertiary/aromatic N) is 132. The summed E-state index contributed by atoms with van der Waals surface area (Å²) in [4.78, 5) is 0. The fourth-order valence-corrected chi connectivity index (χ4v) is 2.33. The lowest BCUT2D eigenvalue weighted by molar-refractivity contribution is 0.722. The molecule has 0 aliphatic rings. The maximum absolute atomic E-state index is 8.04. The van der Waals surface area contributed by atoms with Crippen LogP contribution in [0.3, 0.4) is 0 Å². The molecule has 134 heavy (non-hydrogen) atoms. The van der Waals surface area contributed by atoms with E-state index in [2.05, 4.69) is 684 Å². The molecule has 0 saturated carbocycles. The number of hydrogen-bond donors (Lipinski definition) is 1. The lowest BCUT2D eigenvalue weighted by Gasteiger charge is -1.71. The van der Waals surface area contributed by atoms with Crippen LogP contribution < -0.4 is 0 Å². The Morgan fingerprint density at radius 3 is 0.164 bits per heavy atom. The van der Waals surface area contributed by atoms with E-state index >= 15 is 0 Å². The molecule has 0 spiro atoms. The van der Waals surface area contributed by atoms with Crippen molar-refractivity contribution in [2.45, 2.75) is 0 Å². The first-order valence-electron chi connectivity index (χ1n) is 26.7. The molecule has 0 heterocycles. The van der Waals surface area contributed by atoms with Crippen LogP contribution in [0.25, 0.3) is 0 Å². The van der Waals surface area contributed by atoms with E-state index in [9.17, 15) is 0 Å². The first-order chi connectivity index (χ1) is 66.9. The van der Waals surface area contributed by atoms with Gasteiger partial charge in [0.1, 0.15) is 0 Å². The Balaban J connectivity index is 4.14. The summed E-state index contributed by atoms with van der Waals surface area (Å²) in [5.41, 5.74) is 6.27. The predicted molar refractivity (Wildman–Crippen MR) is 326 cm³/mol. The third kappa shape index (κ3) is 105. The normalized spacial score (nSPS) is 15.6. The summed E-state index contributed by atoms with van der Waals surface area (Å²) in [6, 6.07) is 0. The fraction of sp³-hybridized carbons (Fsp3) is 0. The van der Waals surface area contributed by atoms with Crippen LogP contribution in [0.1, 0.15) is 0 Å². The van der Waals surface area contributed by atoms with Gasteiger partial charge < -0.3 is 0 Å². The lowest BCUT2D eigenvalue weighted by Crippen LogP contribution is -1.52. The molecule has 1 N–H and O–H groups in total. The molecule has 0 unspecified atom stereocenters. The van der Waals surface area contributed by atoms with Gasteiger partial charge in [0.05, 0.1) is 0 Å². The van der Waals surface area contributed by atoms with Crippen LogP contribution in [0.15, 0.2) is 684 Å². The highest BCUT2D eigenvalue weighted by atomic mass is 15.8. The molecule has 0 aromatic rings. The average molecular weight is 1880 g/mol. The molecule has 0 aromatic heterocycles. The minimum Gasteiger partial charge on any atom is -0.183 e. The van der Waals surface area contributed by atoms with Gasteiger partial charge in [0.25, 0.3) is 0 Å². The Morgan fingerprint density at radius 1 is 0.0746 bits per heavy atom. The highest BCUT2D eigenvalue weighted by molar-refractivity contribution is 4.56. The number of hydrogen-bond acceptors (Lipinski definition) is 3. The third-order valence-corrected chi connectivity index (χ3v) is 5.25. The van der Waals surface area contributed by atoms with E-state index in [4.69, 9.17) is 10.8 Å². The molecule has 0 aromatic carbocycles. The topological polar surface area (TPSA) is 1670 Å². The summed E-state index contributed by atoms with van der Waals surface area (Å²) in [5.74, 6) is 0. The van der Waals surface area contributed by atoms with Gasteiger partial charge >= 0.3 is 0 Å². The number of nitrogens with one attached hydrogen (secondary N) is 1. The second-order valence-corrected chi connectivity index (χ2v) is 11.8. The fourth-order valence-electron chi connectivity index (χ4n) is 2.33. The van der Waals surface area contributed by atoms with Crippen molar-refractivity contribution in [1.29, 1.82) is 10.8 Å². The summed E-state index contributed by atoms with van der Waals surface area (Å²) in [5, 5.41) is 399. The van der Waals surface area contributed by atoms with Crippen molar-refractivity contribution < 1.29 is 0 Å². The largest absolute Gasteiger partial charge is 0.227 e. The minimum absolute atomic E-state index is 1.31. The molecule has 0 aliphatic carbocycles. The molecule has 0 atom stereocenters. The molecule has 133 heteroatoms. The smallest absolute Gasteiger partial charge is 0.183 e. The zero-order valence-electron chi connectivity index (χ0n) is 60.0. The van der Waals surface area contributed by atoms with E-state index in [0.717, 1.165) is 0 Å². The van der Waals surface area contributed by atoms with Crippen molar-refractivity contribution in [2.75, 3.05) is 0 Å². The standard InChI is InChI=1S/CHN133/c2-1-4-6-8-10-12-14-16-18-20-22-24-26-28-30-32-34-36-38-40-42-44-46-48-50-52-54-56-58-60-62-64-66-68-70-72-74-76-78-80-82-84-86-88-90-92-94-96-98-100-102-104-106-108-110-112-114-116-118-120-122-124-126-128-130-132-134-133-131-129-127-125-123-121-119-117-115-113-111-109-107-105-103-101-99-97-95-93-91-89-87-85-83-81-79-77-75-73-71-69-67-65-63-61-59-57-55-53-51-49-47-45-43-41-39-37-35-33-31-29-27-25-23-21-19-17-15-13-11-9-7-5-3/h3H/b5-3?,6-4?,9-7+,10-8+,13-11+,14-12+,17-15+,18-16+,21-19+,22-20+,25-23+,26-24+,29-27+,30-28+,33-31+,34-32+,37-35+,38-36+,41-39+,42-40+,45-43+,46-44+,49-47+,50-48+,53-51+,54-52+,57-55+,58-56+,61-59+,62-60+,65-63+,66-64+,69-67+,70-68+,73-71+,74-72+,77-75+,78-76+,81-79+,82-80+,85-83+,86-84+,89-87+,90-88+,93-91+,94-92+,97-95+,98-96+,101-99+,102-100+,105-103+,106-104+,109-107+,110-108+,113-111+,114-112+,117-115+,118-116+,121-119+,122-120+,125-123+,126-124+,129-127+,130-128+,133-131+,134-132+. The van der Waals surface area contributed by atoms with Crippen molar-refractivity contribution in [3.63, 3.8) is 0 Å². The molecular weight excluding hydrogens is 1870 g/mol. The van der Waals surface area contributed by atoms with E-state index in [1.165, 1.54) is 6.19 Å². The molecule has 0 saturated heterocycles. The maximum atomic E-state index is 8.04. The van der Waals surface area contributed by atoms with Crippen molar-refractivity contribution in [3.05, 3.63) is 0 Å². The first kappa shape index (κ1) is 107. The van der Waals surface area contributed by atoms with E-state index < -0.39 is 0 Å². The van der Waals surface area contributed by atoms with Crippen LogP contribution >= 0.6 is 0 Å². The molecule has 0 aliphatic heterocycles. The second-order valence-electron chi connectivity index (χ2n) is 11.8. The summed E-state index contributed by atoms with van der Waals surface area (Å²) in [7, 11) is 0. The van der Waals surface area contributed by atoms with E-state index in [1.807, 2.05) is 0 Å². The Morgan fingerprint density at radius 2 is 0.119 bits per heavy atom. The van der Waals surface area contributed by atoms with Crippen LogP contribution in [-0.4, -0.2) is 0 Å². The Labute approximate surface area is 700 Å². The summed E-state index contributed by atoms with van der Waals surface area (Å²) < 4.78 is 0. The van der Waals surface area contributed by atoms with E-state index in [0.29, 0.717) is 0 Å². The molecule has 0 amide bonds. The predicted octanol–water partition coefficient (Wildman–Crippen LogP) is 24.4. The van der Waals surface area contributed by atoms with Crippen molar-refractivity contribution in [3.8, 4) is 6.19 Å². The maximum Gasteiger partial charge on any atom is 0.227 e. The quantitative estimate of drug-likeness (QED) is 0.0346. The minimum atomic E-state index is 1.31. The van der Waals surface area contributed by atoms with Crippen LogP contribution in [0.5, 0.6) is 0 Å². The molecule has 133 nitrogen and oxygen atoms in total. The molecule has 0 bridgehead atoms. The zero-order chi connectivity index (χ0) is 95.3. The van der Waals surface area contributed by atoms with Gasteiger partial charge in [-0.2, -0.15) is 10.8 Å². The monoisotopic (exact) mass is 1880 g/mol. The lowest BCUT2D eigenvalue weighted by atomic mass is 11.5.